The Labute approximate surface area is 80.7 Å². The predicted molar refractivity (Wildman–Crippen MR) is 44.7 cm³/mol. The van der Waals surface area contributed by atoms with Gasteiger partial charge in [0.25, 0.3) is 10.7 Å². The molecule has 2 aromatic heterocycles. The van der Waals surface area contributed by atoms with Gasteiger partial charge in [0.1, 0.15) is 0 Å². The Bertz CT molecular complexity index is 359. The average Bonchev–Trinajstić information content (AvgIpc) is 2.58. The molecule has 0 bridgehead atoms. The minimum atomic E-state index is 0.291. The minimum Gasteiger partial charge on any atom is -0.440 e. The summed E-state index contributed by atoms with van der Waals surface area (Å²) in [5, 5.41) is 7.57. The molecule has 0 saturated heterocycles. The summed E-state index contributed by atoms with van der Waals surface area (Å²) in [4.78, 5) is 0.310. The SMILES string of the molecule is Clc1ccc(-c2nnc(Br)o2)o1. The topological polar surface area (TPSA) is 52.1 Å². The molecule has 0 amide bonds. The zero-order valence-corrected chi connectivity index (χ0v) is 7.96. The highest BCUT2D eigenvalue weighted by Gasteiger charge is 2.10. The van der Waals surface area contributed by atoms with E-state index in [4.69, 9.17) is 20.4 Å². The summed E-state index contributed by atoms with van der Waals surface area (Å²) in [5.74, 6) is 0.756. The monoisotopic (exact) mass is 248 g/mol. The Kier molecular flexibility index (Phi) is 1.90. The zero-order valence-electron chi connectivity index (χ0n) is 5.62. The maximum atomic E-state index is 5.55. The van der Waals surface area contributed by atoms with Crippen LogP contribution in [0.2, 0.25) is 5.22 Å². The molecule has 6 heteroatoms. The third kappa shape index (κ3) is 1.37. The Morgan fingerprint density at radius 1 is 1.25 bits per heavy atom. The normalized spacial score (nSPS) is 10.5. The second-order valence-corrected chi connectivity index (χ2v) is 3.01. The molecule has 2 heterocycles. The lowest BCUT2D eigenvalue weighted by Crippen LogP contribution is -1.71. The van der Waals surface area contributed by atoms with Gasteiger partial charge < -0.3 is 8.83 Å². The van der Waals surface area contributed by atoms with Crippen molar-refractivity contribution in [3.63, 3.8) is 0 Å². The first-order valence-corrected chi connectivity index (χ1v) is 4.17. The van der Waals surface area contributed by atoms with Crippen molar-refractivity contribution in [2.24, 2.45) is 0 Å². The lowest BCUT2D eigenvalue weighted by Gasteiger charge is -1.83. The van der Waals surface area contributed by atoms with E-state index in [2.05, 4.69) is 26.1 Å². The molecule has 62 valence electrons. The number of nitrogens with zero attached hydrogens (tertiary/aromatic N) is 2. The van der Waals surface area contributed by atoms with Crippen molar-refractivity contribution in [1.82, 2.24) is 10.2 Å². The first-order chi connectivity index (χ1) is 5.75. The van der Waals surface area contributed by atoms with E-state index in [-0.39, 0.29) is 0 Å². The van der Waals surface area contributed by atoms with Crippen molar-refractivity contribution < 1.29 is 8.83 Å². The Balaban J connectivity index is 2.43. The van der Waals surface area contributed by atoms with E-state index in [1.54, 1.807) is 12.1 Å². The van der Waals surface area contributed by atoms with E-state index in [9.17, 15) is 0 Å². The summed E-state index contributed by atoms with van der Waals surface area (Å²) in [6.07, 6.45) is 0. The van der Waals surface area contributed by atoms with Crippen LogP contribution in [0.1, 0.15) is 0 Å². The van der Waals surface area contributed by atoms with Crippen LogP contribution in [0.25, 0.3) is 11.7 Å². The van der Waals surface area contributed by atoms with Crippen LogP contribution < -0.4 is 0 Å². The van der Waals surface area contributed by atoms with E-state index in [0.717, 1.165) is 0 Å². The molecule has 0 aliphatic heterocycles. The van der Waals surface area contributed by atoms with Gasteiger partial charge in [-0.15, -0.1) is 10.2 Å². The largest absolute Gasteiger partial charge is 0.440 e. The van der Waals surface area contributed by atoms with E-state index < -0.39 is 0 Å². The van der Waals surface area contributed by atoms with Gasteiger partial charge in [0.2, 0.25) is 0 Å². The first kappa shape index (κ1) is 7.82. The summed E-state index contributed by atoms with van der Waals surface area (Å²) < 4.78 is 10.1. The smallest absolute Gasteiger partial charge is 0.285 e. The van der Waals surface area contributed by atoms with Gasteiger partial charge in [-0.1, -0.05) is 0 Å². The van der Waals surface area contributed by atoms with Gasteiger partial charge in [0.15, 0.2) is 11.0 Å². The maximum Gasteiger partial charge on any atom is 0.285 e. The fourth-order valence-corrected chi connectivity index (χ4v) is 1.11. The highest BCUT2D eigenvalue weighted by molar-refractivity contribution is 9.10. The van der Waals surface area contributed by atoms with Gasteiger partial charge >= 0.3 is 0 Å². The van der Waals surface area contributed by atoms with Crippen LogP contribution in [0.4, 0.5) is 0 Å². The molecule has 0 atom stereocenters. The number of hydrogen-bond donors (Lipinski definition) is 0. The van der Waals surface area contributed by atoms with Gasteiger partial charge in [-0.2, -0.15) is 0 Å². The highest BCUT2D eigenvalue weighted by Crippen LogP contribution is 2.24. The van der Waals surface area contributed by atoms with Gasteiger partial charge in [-0.3, -0.25) is 0 Å². The van der Waals surface area contributed by atoms with Gasteiger partial charge in [-0.25, -0.2) is 0 Å². The second kappa shape index (κ2) is 2.91. The van der Waals surface area contributed by atoms with E-state index >= 15 is 0 Å². The molecule has 2 rings (SSSR count). The number of aromatic nitrogens is 2. The van der Waals surface area contributed by atoms with E-state index in [1.165, 1.54) is 0 Å². The van der Waals surface area contributed by atoms with Crippen LogP contribution >= 0.6 is 27.5 Å². The molecule has 2 aromatic rings. The second-order valence-electron chi connectivity index (χ2n) is 1.96. The number of hydrogen-bond acceptors (Lipinski definition) is 4. The molecule has 0 fully saturated rings. The van der Waals surface area contributed by atoms with Crippen molar-refractivity contribution in [3.05, 3.63) is 22.2 Å². The molecular weight excluding hydrogens is 247 g/mol. The first-order valence-electron chi connectivity index (χ1n) is 3.00. The molecule has 0 aliphatic carbocycles. The molecule has 0 aromatic carbocycles. The molecule has 0 saturated carbocycles. The zero-order chi connectivity index (χ0) is 8.55. The Hall–Kier alpha value is -0.810. The highest BCUT2D eigenvalue weighted by atomic mass is 79.9. The molecule has 0 spiro atoms. The lowest BCUT2D eigenvalue weighted by atomic mass is 10.5. The van der Waals surface area contributed by atoms with Crippen molar-refractivity contribution >= 4 is 27.5 Å². The van der Waals surface area contributed by atoms with Gasteiger partial charge in [0, 0.05) is 15.9 Å². The number of rotatable bonds is 1. The molecule has 0 aliphatic rings. The van der Waals surface area contributed by atoms with Crippen LogP contribution in [-0.2, 0) is 0 Å². The summed E-state index contributed by atoms with van der Waals surface area (Å²) >= 11 is 8.57. The summed E-state index contributed by atoms with van der Waals surface area (Å²) in [6.45, 7) is 0. The third-order valence-corrected chi connectivity index (χ3v) is 1.71. The molecule has 0 radical (unpaired) electrons. The maximum absolute atomic E-state index is 5.55. The van der Waals surface area contributed by atoms with Gasteiger partial charge in [0.05, 0.1) is 0 Å². The summed E-state index contributed by atoms with van der Waals surface area (Å²) in [7, 11) is 0. The van der Waals surface area contributed by atoms with Crippen molar-refractivity contribution in [1.29, 1.82) is 0 Å². The van der Waals surface area contributed by atoms with E-state index in [0.29, 0.717) is 21.7 Å². The summed E-state index contributed by atoms with van der Waals surface area (Å²) in [6, 6.07) is 3.26. The van der Waals surface area contributed by atoms with Crippen molar-refractivity contribution in [2.45, 2.75) is 0 Å². The number of furan rings is 1. The van der Waals surface area contributed by atoms with Gasteiger partial charge in [-0.05, 0) is 23.7 Å². The summed E-state index contributed by atoms with van der Waals surface area (Å²) in [5.41, 5.74) is 0. The standard InChI is InChI=1S/C6H2BrClN2O2/c7-6-10-9-5(12-6)3-1-2-4(8)11-3/h1-2H. The molecule has 4 nitrogen and oxygen atoms in total. The molecular formula is C6H2BrClN2O2. The van der Waals surface area contributed by atoms with E-state index in [1.807, 2.05) is 0 Å². The third-order valence-electron chi connectivity index (χ3n) is 1.18. The lowest BCUT2D eigenvalue weighted by molar-refractivity contribution is 0.501. The Morgan fingerprint density at radius 2 is 2.08 bits per heavy atom. The average molecular weight is 249 g/mol. The fraction of sp³-hybridized carbons (Fsp3) is 0. The van der Waals surface area contributed by atoms with Crippen molar-refractivity contribution in [2.75, 3.05) is 0 Å². The molecule has 12 heavy (non-hydrogen) atoms. The van der Waals surface area contributed by atoms with Crippen LogP contribution in [-0.4, -0.2) is 10.2 Å². The minimum absolute atomic E-state index is 0.291. The Morgan fingerprint density at radius 3 is 2.58 bits per heavy atom. The van der Waals surface area contributed by atoms with Crippen LogP contribution in [0.5, 0.6) is 0 Å². The van der Waals surface area contributed by atoms with Crippen LogP contribution in [0.3, 0.4) is 0 Å². The van der Waals surface area contributed by atoms with Crippen LogP contribution in [0.15, 0.2) is 25.8 Å². The molecule has 0 unspecified atom stereocenters. The van der Waals surface area contributed by atoms with Crippen LogP contribution in [0, 0.1) is 0 Å². The quantitative estimate of drug-likeness (QED) is 0.780. The molecule has 0 N–H and O–H groups in total. The fourth-order valence-electron chi connectivity index (χ4n) is 0.734. The number of halogens is 2. The van der Waals surface area contributed by atoms with Crippen molar-refractivity contribution in [3.8, 4) is 11.7 Å². The predicted octanol–water partition coefficient (Wildman–Crippen LogP) is 2.75.